The summed E-state index contributed by atoms with van der Waals surface area (Å²) in [4.78, 5) is 25.1. The molecule has 2 aliphatic rings. The van der Waals surface area contributed by atoms with Crippen LogP contribution in [0.5, 0.6) is 5.75 Å². The number of nitrogens with zero attached hydrogens (tertiary/aromatic N) is 2. The number of rotatable bonds is 7. The van der Waals surface area contributed by atoms with E-state index in [2.05, 4.69) is 20.3 Å². The van der Waals surface area contributed by atoms with Crippen molar-refractivity contribution in [1.29, 1.82) is 0 Å². The van der Waals surface area contributed by atoms with Crippen molar-refractivity contribution in [2.24, 2.45) is 5.92 Å². The SMILES string of the molecule is Cc1[nH]c2c(-c3cc(C(F)F)ccc3OCC3CC3)ncnc2c1C(=O)N[C@H]1CC[C@@H](O)CC1. The molecule has 0 saturated heterocycles. The molecule has 180 valence electrons. The van der Waals surface area contributed by atoms with Crippen LogP contribution in [0.3, 0.4) is 0 Å². The molecule has 3 aromatic rings. The maximum Gasteiger partial charge on any atom is 0.263 e. The third kappa shape index (κ3) is 4.61. The van der Waals surface area contributed by atoms with E-state index in [1.165, 1.54) is 18.5 Å². The highest BCUT2D eigenvalue weighted by molar-refractivity contribution is 6.09. The van der Waals surface area contributed by atoms with E-state index in [4.69, 9.17) is 4.74 Å². The minimum atomic E-state index is -2.63. The first-order valence-corrected chi connectivity index (χ1v) is 11.8. The number of aromatic nitrogens is 3. The summed E-state index contributed by atoms with van der Waals surface area (Å²) < 4.78 is 33.0. The molecule has 0 radical (unpaired) electrons. The van der Waals surface area contributed by atoms with Gasteiger partial charge >= 0.3 is 0 Å². The second-order valence-corrected chi connectivity index (χ2v) is 9.36. The number of hydrogen-bond donors (Lipinski definition) is 3. The van der Waals surface area contributed by atoms with Crippen LogP contribution in [-0.4, -0.2) is 44.7 Å². The molecular weight excluding hydrogens is 442 g/mol. The molecule has 2 saturated carbocycles. The van der Waals surface area contributed by atoms with E-state index >= 15 is 0 Å². The number of aliphatic hydroxyl groups excluding tert-OH is 1. The number of amides is 1. The number of fused-ring (bicyclic) bond motifs is 1. The lowest BCUT2D eigenvalue weighted by Gasteiger charge is -2.26. The van der Waals surface area contributed by atoms with E-state index in [0.29, 0.717) is 64.7 Å². The van der Waals surface area contributed by atoms with Crippen LogP contribution in [-0.2, 0) is 0 Å². The normalized spacial score (nSPS) is 20.6. The largest absolute Gasteiger partial charge is 0.493 e. The summed E-state index contributed by atoms with van der Waals surface area (Å²) >= 11 is 0. The first-order valence-electron chi connectivity index (χ1n) is 11.8. The topological polar surface area (TPSA) is 100 Å². The van der Waals surface area contributed by atoms with Gasteiger partial charge in [0.1, 0.15) is 23.3 Å². The van der Waals surface area contributed by atoms with E-state index in [0.717, 1.165) is 25.7 Å². The number of aryl methyl sites for hydroxylation is 1. The molecule has 1 amide bonds. The number of aliphatic hydroxyl groups is 1. The number of H-pyrrole nitrogens is 1. The lowest BCUT2D eigenvalue weighted by molar-refractivity contribution is 0.0868. The van der Waals surface area contributed by atoms with Crippen molar-refractivity contribution in [2.75, 3.05) is 6.61 Å². The lowest BCUT2D eigenvalue weighted by atomic mass is 9.93. The summed E-state index contributed by atoms with van der Waals surface area (Å²) in [7, 11) is 0. The predicted octanol–water partition coefficient (Wildman–Crippen LogP) is 4.69. The molecule has 7 nitrogen and oxygen atoms in total. The Balaban J connectivity index is 1.51. The molecule has 0 aliphatic heterocycles. The summed E-state index contributed by atoms with van der Waals surface area (Å²) in [5.41, 5.74) is 2.71. The zero-order chi connectivity index (χ0) is 23.8. The van der Waals surface area contributed by atoms with Gasteiger partial charge in [0, 0.05) is 22.9 Å². The van der Waals surface area contributed by atoms with Crippen molar-refractivity contribution in [1.82, 2.24) is 20.3 Å². The van der Waals surface area contributed by atoms with Crippen LogP contribution in [0.15, 0.2) is 24.5 Å². The van der Waals surface area contributed by atoms with E-state index in [1.54, 1.807) is 13.0 Å². The van der Waals surface area contributed by atoms with Gasteiger partial charge in [0.2, 0.25) is 0 Å². The van der Waals surface area contributed by atoms with Crippen LogP contribution in [0, 0.1) is 12.8 Å². The smallest absolute Gasteiger partial charge is 0.263 e. The highest BCUT2D eigenvalue weighted by Gasteiger charge is 2.27. The number of nitrogens with one attached hydrogen (secondary N) is 2. The average Bonchev–Trinajstić information content (AvgIpc) is 3.58. The van der Waals surface area contributed by atoms with Crippen LogP contribution >= 0.6 is 0 Å². The molecule has 3 N–H and O–H groups in total. The van der Waals surface area contributed by atoms with Gasteiger partial charge in [0.25, 0.3) is 12.3 Å². The average molecular weight is 471 g/mol. The number of carbonyl (C=O) groups is 1. The highest BCUT2D eigenvalue weighted by Crippen LogP contribution is 2.38. The van der Waals surface area contributed by atoms with Gasteiger partial charge in [-0.3, -0.25) is 4.79 Å². The quantitative estimate of drug-likeness (QED) is 0.465. The van der Waals surface area contributed by atoms with Crippen molar-refractivity contribution in [3.8, 4) is 17.0 Å². The number of benzene rings is 1. The van der Waals surface area contributed by atoms with Crippen LogP contribution in [0.25, 0.3) is 22.3 Å². The maximum absolute atomic E-state index is 13.5. The van der Waals surface area contributed by atoms with E-state index in [9.17, 15) is 18.7 Å². The molecule has 5 rings (SSSR count). The van der Waals surface area contributed by atoms with Gasteiger partial charge in [-0.1, -0.05) is 0 Å². The standard InChI is InChI=1S/C25H28F2N4O3/c1-13-20(25(33)31-16-5-7-17(32)8-6-16)22-23(30-13)21(28-12-29-22)18-10-15(24(26)27)4-9-19(18)34-11-14-2-3-14/h4,9-10,12,14,16-17,24,30,32H,2-3,5-8,11H2,1H3,(H,31,33)/t16-,17+. The lowest BCUT2D eigenvalue weighted by Crippen LogP contribution is -2.38. The molecule has 2 fully saturated rings. The van der Waals surface area contributed by atoms with Gasteiger partial charge in [0.05, 0.1) is 23.8 Å². The minimum Gasteiger partial charge on any atom is -0.493 e. The predicted molar refractivity (Wildman–Crippen MR) is 123 cm³/mol. The van der Waals surface area contributed by atoms with E-state index in [1.807, 2.05) is 0 Å². The molecule has 1 aromatic carbocycles. The van der Waals surface area contributed by atoms with E-state index < -0.39 is 6.43 Å². The number of ether oxygens (including phenoxy) is 1. The Morgan fingerprint density at radius 1 is 1.21 bits per heavy atom. The number of hydrogen-bond acceptors (Lipinski definition) is 5. The Kier molecular flexibility index (Phi) is 6.20. The zero-order valence-corrected chi connectivity index (χ0v) is 19.0. The molecule has 2 aromatic heterocycles. The molecule has 2 heterocycles. The van der Waals surface area contributed by atoms with Crippen LogP contribution in [0.2, 0.25) is 0 Å². The van der Waals surface area contributed by atoms with Crippen molar-refractivity contribution in [2.45, 2.75) is 64.0 Å². The number of carbonyl (C=O) groups excluding carboxylic acids is 1. The second-order valence-electron chi connectivity index (χ2n) is 9.36. The number of halogens is 2. The summed E-state index contributed by atoms with van der Waals surface area (Å²) in [6, 6.07) is 4.33. The Morgan fingerprint density at radius 3 is 2.68 bits per heavy atom. The fourth-order valence-electron chi connectivity index (χ4n) is 4.57. The molecule has 0 unspecified atom stereocenters. The minimum absolute atomic E-state index is 0.00768. The second kappa shape index (κ2) is 9.29. The van der Waals surface area contributed by atoms with Gasteiger partial charge < -0.3 is 20.1 Å². The van der Waals surface area contributed by atoms with Gasteiger partial charge in [0.15, 0.2) is 0 Å². The van der Waals surface area contributed by atoms with E-state index in [-0.39, 0.29) is 23.6 Å². The Hall–Kier alpha value is -3.07. The van der Waals surface area contributed by atoms with Gasteiger partial charge in [-0.25, -0.2) is 18.7 Å². The molecule has 0 spiro atoms. The van der Waals surface area contributed by atoms with Crippen molar-refractivity contribution >= 4 is 16.9 Å². The maximum atomic E-state index is 13.5. The Morgan fingerprint density at radius 2 is 1.97 bits per heavy atom. The number of alkyl halides is 2. The summed E-state index contributed by atoms with van der Waals surface area (Å²) in [5, 5.41) is 12.8. The molecule has 2 aliphatic carbocycles. The summed E-state index contributed by atoms with van der Waals surface area (Å²) in [5.74, 6) is 0.730. The summed E-state index contributed by atoms with van der Waals surface area (Å²) in [6.07, 6.45) is 3.38. The first-order chi connectivity index (χ1) is 16.4. The van der Waals surface area contributed by atoms with Gasteiger partial charge in [-0.2, -0.15) is 0 Å². The van der Waals surface area contributed by atoms with Crippen LogP contribution in [0.1, 0.15) is 66.6 Å². The number of aromatic amines is 1. The Labute approximate surface area is 196 Å². The monoisotopic (exact) mass is 470 g/mol. The van der Waals surface area contributed by atoms with Crippen molar-refractivity contribution in [3.05, 3.63) is 41.3 Å². The van der Waals surface area contributed by atoms with Gasteiger partial charge in [-0.05, 0) is 69.6 Å². The third-order valence-corrected chi connectivity index (χ3v) is 6.71. The molecular formula is C25H28F2N4O3. The zero-order valence-electron chi connectivity index (χ0n) is 19.0. The highest BCUT2D eigenvalue weighted by atomic mass is 19.3. The van der Waals surface area contributed by atoms with Crippen LogP contribution < -0.4 is 10.1 Å². The van der Waals surface area contributed by atoms with Crippen LogP contribution in [0.4, 0.5) is 8.78 Å². The third-order valence-electron chi connectivity index (χ3n) is 6.71. The molecule has 9 heteroatoms. The van der Waals surface area contributed by atoms with Crippen molar-refractivity contribution in [3.63, 3.8) is 0 Å². The fourth-order valence-corrected chi connectivity index (χ4v) is 4.57. The molecule has 34 heavy (non-hydrogen) atoms. The molecule has 0 bridgehead atoms. The van der Waals surface area contributed by atoms with Gasteiger partial charge in [-0.15, -0.1) is 0 Å². The Bertz CT molecular complexity index is 1200. The molecule has 0 atom stereocenters. The van der Waals surface area contributed by atoms with Crippen molar-refractivity contribution < 1.29 is 23.4 Å². The first kappa shape index (κ1) is 22.7. The summed E-state index contributed by atoms with van der Waals surface area (Å²) in [6.45, 7) is 2.31. The fraction of sp³-hybridized carbons (Fsp3) is 0.480.